The van der Waals surface area contributed by atoms with E-state index < -0.39 is 17.5 Å². The number of halogens is 4. The molecule has 0 unspecified atom stereocenters. The molecule has 1 aromatic heterocycles. The van der Waals surface area contributed by atoms with Gasteiger partial charge in [-0.2, -0.15) is 0 Å². The largest absolute Gasteiger partial charge is 0.508 e. The minimum atomic E-state index is -1.34. The molecule has 0 atom stereocenters. The van der Waals surface area contributed by atoms with Gasteiger partial charge in [-0.15, -0.1) is 0 Å². The minimum Gasteiger partial charge on any atom is -0.508 e. The normalized spacial score (nSPS) is 11.0. The second kappa shape index (κ2) is 7.05. The quantitative estimate of drug-likeness (QED) is 0.401. The highest BCUT2D eigenvalue weighted by Crippen LogP contribution is 2.43. The molecule has 0 saturated heterocycles. The highest BCUT2D eigenvalue weighted by Gasteiger charge is 2.26. The summed E-state index contributed by atoms with van der Waals surface area (Å²) >= 11 is 6.24. The van der Waals surface area contributed by atoms with E-state index in [1.807, 2.05) is 0 Å². The van der Waals surface area contributed by atoms with Gasteiger partial charge in [-0.1, -0.05) is 35.0 Å². The molecule has 1 N–H and O–H groups in total. The Balaban J connectivity index is 2.05. The van der Waals surface area contributed by atoms with Gasteiger partial charge in [-0.05, 0) is 36.4 Å². The first-order valence-corrected chi connectivity index (χ1v) is 8.52. The van der Waals surface area contributed by atoms with E-state index >= 15 is 0 Å². The van der Waals surface area contributed by atoms with Crippen molar-refractivity contribution in [2.45, 2.75) is 0 Å². The Labute approximate surface area is 162 Å². The Hall–Kier alpha value is -3.25. The Morgan fingerprint density at radius 3 is 2.32 bits per heavy atom. The summed E-state index contributed by atoms with van der Waals surface area (Å²) in [5.74, 6) is -3.43. The van der Waals surface area contributed by atoms with Crippen molar-refractivity contribution in [1.82, 2.24) is 5.16 Å². The van der Waals surface area contributed by atoms with Gasteiger partial charge in [-0.3, -0.25) is 0 Å². The van der Waals surface area contributed by atoms with E-state index in [0.29, 0.717) is 22.2 Å². The lowest BCUT2D eigenvalue weighted by Crippen LogP contribution is -1.94. The highest BCUT2D eigenvalue weighted by molar-refractivity contribution is 6.33. The zero-order valence-corrected chi connectivity index (χ0v) is 14.8. The molecule has 0 spiro atoms. The zero-order chi connectivity index (χ0) is 19.8. The topological polar surface area (TPSA) is 46.3 Å². The molecule has 0 fully saturated rings. The van der Waals surface area contributed by atoms with Crippen molar-refractivity contribution in [2.75, 3.05) is 0 Å². The molecule has 28 heavy (non-hydrogen) atoms. The Morgan fingerprint density at radius 2 is 1.61 bits per heavy atom. The summed E-state index contributed by atoms with van der Waals surface area (Å²) in [6.45, 7) is 0. The highest BCUT2D eigenvalue weighted by atomic mass is 35.5. The van der Waals surface area contributed by atoms with Crippen molar-refractivity contribution < 1.29 is 22.8 Å². The second-order valence-corrected chi connectivity index (χ2v) is 6.42. The fourth-order valence-corrected chi connectivity index (χ4v) is 3.15. The third-order valence-corrected chi connectivity index (χ3v) is 4.54. The Morgan fingerprint density at radius 1 is 0.893 bits per heavy atom. The van der Waals surface area contributed by atoms with Crippen LogP contribution in [0.2, 0.25) is 5.02 Å². The van der Waals surface area contributed by atoms with Crippen LogP contribution in [0.25, 0.3) is 33.7 Å². The summed E-state index contributed by atoms with van der Waals surface area (Å²) in [7, 11) is 0. The van der Waals surface area contributed by atoms with Crippen LogP contribution in [0, 0.1) is 17.5 Å². The van der Waals surface area contributed by atoms with Gasteiger partial charge < -0.3 is 9.63 Å². The second-order valence-electron chi connectivity index (χ2n) is 6.01. The summed E-state index contributed by atoms with van der Waals surface area (Å²) in [5.41, 5.74) is 0.684. The predicted molar refractivity (Wildman–Crippen MR) is 99.4 cm³/mol. The lowest BCUT2D eigenvalue weighted by atomic mass is 9.95. The summed E-state index contributed by atoms with van der Waals surface area (Å²) < 4.78 is 47.8. The third-order valence-electron chi connectivity index (χ3n) is 4.21. The lowest BCUT2D eigenvalue weighted by molar-refractivity contribution is 0.435. The molecular weight excluding hydrogens is 391 g/mol. The van der Waals surface area contributed by atoms with Crippen LogP contribution in [0.4, 0.5) is 13.2 Å². The van der Waals surface area contributed by atoms with Gasteiger partial charge in [0.15, 0.2) is 17.4 Å². The van der Waals surface area contributed by atoms with Crippen LogP contribution < -0.4 is 0 Å². The molecule has 0 aliphatic rings. The average molecular weight is 402 g/mol. The van der Waals surface area contributed by atoms with Gasteiger partial charge in [0.2, 0.25) is 0 Å². The Kier molecular flexibility index (Phi) is 4.57. The fraction of sp³-hybridized carbons (Fsp3) is 0. The van der Waals surface area contributed by atoms with Crippen LogP contribution in [0.15, 0.2) is 65.2 Å². The molecule has 0 amide bonds. The predicted octanol–water partition coefficient (Wildman–Crippen LogP) is 6.45. The van der Waals surface area contributed by atoms with E-state index in [9.17, 15) is 18.3 Å². The van der Waals surface area contributed by atoms with Gasteiger partial charge in [0.25, 0.3) is 0 Å². The van der Waals surface area contributed by atoms with Crippen LogP contribution in [-0.4, -0.2) is 10.3 Å². The van der Waals surface area contributed by atoms with Crippen molar-refractivity contribution in [3.8, 4) is 39.5 Å². The smallest absolute Gasteiger partial charge is 0.175 e. The van der Waals surface area contributed by atoms with Gasteiger partial charge in [0.1, 0.15) is 17.3 Å². The molecule has 4 rings (SSSR count). The SMILES string of the molecule is Oc1ccc(-c2onc(-c3ccccc3Cl)c2-c2cc(F)cc(F)c2F)cc1. The van der Waals surface area contributed by atoms with Gasteiger partial charge in [0, 0.05) is 22.8 Å². The standard InChI is InChI=1S/C21H11ClF3NO2/c22-16-4-2-1-3-14(16)20-18(15-9-12(23)10-17(24)19(15)25)21(28-26-20)11-5-7-13(27)8-6-11/h1-10,27H. The van der Waals surface area contributed by atoms with Crippen LogP contribution in [0.1, 0.15) is 0 Å². The van der Waals surface area contributed by atoms with Gasteiger partial charge in [-0.25, -0.2) is 13.2 Å². The maximum atomic E-state index is 14.6. The number of aromatic hydroxyl groups is 1. The molecule has 3 aromatic carbocycles. The van der Waals surface area contributed by atoms with E-state index in [1.54, 1.807) is 24.3 Å². The van der Waals surface area contributed by atoms with Crippen molar-refractivity contribution >= 4 is 11.6 Å². The summed E-state index contributed by atoms with van der Waals surface area (Å²) in [6.07, 6.45) is 0. The lowest BCUT2D eigenvalue weighted by Gasteiger charge is -2.08. The zero-order valence-electron chi connectivity index (χ0n) is 14.1. The van der Waals surface area contributed by atoms with Crippen molar-refractivity contribution in [2.24, 2.45) is 0 Å². The molecule has 7 heteroatoms. The number of hydrogen-bond acceptors (Lipinski definition) is 3. The molecule has 0 aliphatic heterocycles. The average Bonchev–Trinajstić information content (AvgIpc) is 3.10. The summed E-state index contributed by atoms with van der Waals surface area (Å²) in [4.78, 5) is 0. The number of phenols is 1. The van der Waals surface area contributed by atoms with Crippen LogP contribution in [0.3, 0.4) is 0 Å². The fourth-order valence-electron chi connectivity index (χ4n) is 2.92. The molecular formula is C21H11ClF3NO2. The van der Waals surface area contributed by atoms with E-state index in [1.165, 1.54) is 24.3 Å². The number of phenolic OH excluding ortho intramolecular Hbond substituents is 1. The summed E-state index contributed by atoms with van der Waals surface area (Å²) in [6, 6.07) is 13.8. The monoisotopic (exact) mass is 401 g/mol. The molecule has 0 bridgehead atoms. The Bertz CT molecular complexity index is 1170. The number of rotatable bonds is 3. The van der Waals surface area contributed by atoms with Crippen molar-refractivity contribution in [1.29, 1.82) is 0 Å². The minimum absolute atomic E-state index is 0.0131. The number of benzene rings is 3. The maximum absolute atomic E-state index is 14.6. The number of aromatic nitrogens is 1. The molecule has 0 aliphatic carbocycles. The van der Waals surface area contributed by atoms with Crippen LogP contribution >= 0.6 is 11.6 Å². The van der Waals surface area contributed by atoms with E-state index in [2.05, 4.69) is 5.16 Å². The molecule has 0 radical (unpaired) electrons. The first-order valence-electron chi connectivity index (χ1n) is 8.14. The van der Waals surface area contributed by atoms with E-state index in [-0.39, 0.29) is 28.3 Å². The van der Waals surface area contributed by atoms with Crippen LogP contribution in [-0.2, 0) is 0 Å². The van der Waals surface area contributed by atoms with Crippen molar-refractivity contribution in [3.63, 3.8) is 0 Å². The third kappa shape index (κ3) is 3.12. The van der Waals surface area contributed by atoms with Crippen molar-refractivity contribution in [3.05, 3.63) is 83.1 Å². The summed E-state index contributed by atoms with van der Waals surface area (Å²) in [5, 5.41) is 13.8. The first-order chi connectivity index (χ1) is 13.5. The van der Waals surface area contributed by atoms with Gasteiger partial charge >= 0.3 is 0 Å². The van der Waals surface area contributed by atoms with Crippen LogP contribution in [0.5, 0.6) is 5.75 Å². The first kappa shape index (κ1) is 18.1. The number of hydrogen-bond donors (Lipinski definition) is 1. The molecule has 0 saturated carbocycles. The molecule has 3 nitrogen and oxygen atoms in total. The van der Waals surface area contributed by atoms with Gasteiger partial charge in [0.05, 0.1) is 10.6 Å². The maximum Gasteiger partial charge on any atom is 0.175 e. The number of nitrogens with zero attached hydrogens (tertiary/aromatic N) is 1. The molecule has 1 heterocycles. The van der Waals surface area contributed by atoms with E-state index in [4.69, 9.17) is 16.1 Å². The molecule has 140 valence electrons. The molecule has 4 aromatic rings. The van der Waals surface area contributed by atoms with E-state index in [0.717, 1.165) is 6.07 Å².